The molecule has 0 atom stereocenters. The third kappa shape index (κ3) is 3.40. The normalized spacial score (nSPS) is 12.7. The van der Waals surface area contributed by atoms with Gasteiger partial charge in [-0.3, -0.25) is 0 Å². The van der Waals surface area contributed by atoms with Gasteiger partial charge in [-0.2, -0.15) is 4.72 Å². The predicted octanol–water partition coefficient (Wildman–Crippen LogP) is 0.127. The van der Waals surface area contributed by atoms with Crippen molar-refractivity contribution in [2.45, 2.75) is 10.4 Å². The average Bonchev–Trinajstić information content (AvgIpc) is 2.42. The van der Waals surface area contributed by atoms with Crippen LogP contribution in [0.25, 0.3) is 0 Å². The lowest BCUT2D eigenvalue weighted by atomic mass is 10.1. The van der Waals surface area contributed by atoms with Crippen LogP contribution in [0.3, 0.4) is 0 Å². The molecule has 0 radical (unpaired) electrons. The molecule has 0 aromatic heterocycles. The molecule has 1 aromatic carbocycles. The molecule has 0 heterocycles. The molecule has 1 aromatic rings. The Morgan fingerprint density at radius 2 is 1.65 bits per heavy atom. The molecule has 0 saturated heterocycles. The molecule has 6 nitrogen and oxygen atoms in total. The van der Waals surface area contributed by atoms with Crippen molar-refractivity contribution in [1.82, 2.24) is 4.72 Å². The summed E-state index contributed by atoms with van der Waals surface area (Å²) in [4.78, 5) is -0.624. The van der Waals surface area contributed by atoms with Gasteiger partial charge in [-0.05, 0) is 12.1 Å². The Kier molecular flexibility index (Phi) is 5.73. The van der Waals surface area contributed by atoms with E-state index in [2.05, 4.69) is 0 Å². The van der Waals surface area contributed by atoms with Crippen LogP contribution in [0.1, 0.15) is 0 Å². The predicted molar refractivity (Wildman–Crippen MR) is 70.7 cm³/mol. The molecule has 0 aliphatic heterocycles. The van der Waals surface area contributed by atoms with Crippen LogP contribution in [-0.2, 0) is 10.0 Å². The van der Waals surface area contributed by atoms with E-state index in [0.717, 1.165) is 12.1 Å². The lowest BCUT2D eigenvalue weighted by Crippen LogP contribution is -2.56. The van der Waals surface area contributed by atoms with Crippen LogP contribution >= 0.6 is 23.2 Å². The number of benzene rings is 1. The van der Waals surface area contributed by atoms with E-state index in [1.54, 1.807) is 0 Å². The highest BCUT2D eigenvalue weighted by molar-refractivity contribution is 7.89. The second-order valence-electron chi connectivity index (χ2n) is 4.03. The third-order valence-corrected chi connectivity index (χ3v) is 4.94. The molecule has 0 aliphatic carbocycles. The van der Waals surface area contributed by atoms with Crippen LogP contribution in [-0.4, -0.2) is 49.1 Å². The van der Waals surface area contributed by atoms with Gasteiger partial charge in [0.2, 0.25) is 10.0 Å². The van der Waals surface area contributed by atoms with Crippen molar-refractivity contribution < 1.29 is 28.1 Å². The van der Waals surface area contributed by atoms with E-state index in [0.29, 0.717) is 0 Å². The minimum Gasteiger partial charge on any atom is -0.394 e. The van der Waals surface area contributed by atoms with Gasteiger partial charge >= 0.3 is 0 Å². The maximum Gasteiger partial charge on any atom is 0.242 e. The van der Waals surface area contributed by atoms with Crippen molar-refractivity contribution >= 4 is 33.2 Å². The average molecular weight is 348 g/mol. The van der Waals surface area contributed by atoms with Crippen LogP contribution in [0.4, 0.5) is 4.39 Å². The van der Waals surface area contributed by atoms with Gasteiger partial charge in [0.1, 0.15) is 10.4 Å². The third-order valence-electron chi connectivity index (χ3n) is 2.55. The fourth-order valence-corrected chi connectivity index (χ4v) is 3.42. The van der Waals surface area contributed by atoms with Crippen molar-refractivity contribution in [1.29, 1.82) is 0 Å². The van der Waals surface area contributed by atoms with E-state index in [1.807, 2.05) is 4.72 Å². The Balaban J connectivity index is 3.28. The number of aliphatic hydroxyl groups is 3. The molecule has 0 aliphatic rings. The number of sulfonamides is 1. The summed E-state index contributed by atoms with van der Waals surface area (Å²) in [5.74, 6) is -1.11. The maximum absolute atomic E-state index is 13.5. The molecule has 0 spiro atoms. The minimum atomic E-state index is -4.38. The van der Waals surface area contributed by atoms with Gasteiger partial charge in [0.15, 0.2) is 5.82 Å². The van der Waals surface area contributed by atoms with Crippen molar-refractivity contribution in [3.63, 3.8) is 0 Å². The van der Waals surface area contributed by atoms with Crippen molar-refractivity contribution in [2.24, 2.45) is 0 Å². The van der Waals surface area contributed by atoms with Gasteiger partial charge in [-0.1, -0.05) is 23.2 Å². The Labute approximate surface area is 124 Å². The Hall–Kier alpha value is -0.480. The quantitative estimate of drug-likeness (QED) is 0.547. The first kappa shape index (κ1) is 17.6. The summed E-state index contributed by atoms with van der Waals surface area (Å²) < 4.78 is 39.5. The Bertz CT molecular complexity index is 583. The molecule has 4 N–H and O–H groups in total. The summed E-state index contributed by atoms with van der Waals surface area (Å²) in [6, 6.07) is 1.96. The van der Waals surface area contributed by atoms with E-state index in [1.165, 1.54) is 0 Å². The fraction of sp³-hybridized carbons (Fsp3) is 0.400. The Morgan fingerprint density at radius 3 is 2.10 bits per heavy atom. The standard InChI is InChI=1S/C10H12Cl2FNO5S/c11-6-1-2-7(8(12)9(6)13)20(18,19)14-10(3-15,4-16)5-17/h1-2,14-17H,3-5H2. The van der Waals surface area contributed by atoms with Gasteiger partial charge in [0, 0.05) is 0 Å². The highest BCUT2D eigenvalue weighted by Gasteiger charge is 2.35. The van der Waals surface area contributed by atoms with Gasteiger partial charge in [-0.25, -0.2) is 12.8 Å². The molecule has 0 unspecified atom stereocenters. The maximum atomic E-state index is 13.5. The van der Waals surface area contributed by atoms with Crippen LogP contribution < -0.4 is 4.72 Å². The van der Waals surface area contributed by atoms with E-state index in [4.69, 9.17) is 38.5 Å². The van der Waals surface area contributed by atoms with E-state index in [-0.39, 0.29) is 5.02 Å². The molecular formula is C10H12Cl2FNO5S. The zero-order valence-electron chi connectivity index (χ0n) is 9.98. The SMILES string of the molecule is O=S(=O)(NC(CO)(CO)CO)c1ccc(Cl)c(F)c1Cl. The van der Waals surface area contributed by atoms with Gasteiger partial charge in [0.05, 0.1) is 29.9 Å². The summed E-state index contributed by atoms with van der Waals surface area (Å²) in [6.07, 6.45) is 0. The zero-order chi connectivity index (χ0) is 15.6. The molecule has 0 fully saturated rings. The molecule has 114 valence electrons. The number of halogens is 3. The summed E-state index contributed by atoms with van der Waals surface area (Å²) in [5, 5.41) is 26.2. The number of rotatable bonds is 6. The number of nitrogens with one attached hydrogen (secondary N) is 1. The molecule has 1 rings (SSSR count). The summed E-state index contributed by atoms with van der Waals surface area (Å²) in [7, 11) is -4.38. The highest BCUT2D eigenvalue weighted by Crippen LogP contribution is 2.29. The van der Waals surface area contributed by atoms with Crippen LogP contribution in [0.15, 0.2) is 17.0 Å². The number of hydrogen-bond acceptors (Lipinski definition) is 5. The first-order chi connectivity index (χ1) is 9.23. The lowest BCUT2D eigenvalue weighted by Gasteiger charge is -2.28. The smallest absolute Gasteiger partial charge is 0.242 e. The van der Waals surface area contributed by atoms with E-state index < -0.39 is 51.1 Å². The first-order valence-corrected chi connectivity index (χ1v) is 7.47. The van der Waals surface area contributed by atoms with E-state index >= 15 is 0 Å². The zero-order valence-corrected chi connectivity index (χ0v) is 12.3. The van der Waals surface area contributed by atoms with Crippen molar-refractivity contribution in [3.8, 4) is 0 Å². The van der Waals surface area contributed by atoms with Gasteiger partial charge < -0.3 is 15.3 Å². The largest absolute Gasteiger partial charge is 0.394 e. The van der Waals surface area contributed by atoms with Gasteiger partial charge in [0.25, 0.3) is 0 Å². The molecule has 10 heteroatoms. The molecule has 0 amide bonds. The molecule has 20 heavy (non-hydrogen) atoms. The molecular weight excluding hydrogens is 336 g/mol. The highest BCUT2D eigenvalue weighted by atomic mass is 35.5. The van der Waals surface area contributed by atoms with Crippen molar-refractivity contribution in [2.75, 3.05) is 19.8 Å². The second kappa shape index (κ2) is 6.52. The number of aliphatic hydroxyl groups excluding tert-OH is 3. The second-order valence-corrected chi connectivity index (χ2v) is 6.47. The summed E-state index contributed by atoms with van der Waals surface area (Å²) in [5.41, 5.74) is -1.89. The first-order valence-electron chi connectivity index (χ1n) is 5.23. The Morgan fingerprint density at radius 1 is 1.15 bits per heavy atom. The van der Waals surface area contributed by atoms with Crippen molar-refractivity contribution in [3.05, 3.63) is 28.0 Å². The van der Waals surface area contributed by atoms with Crippen LogP contribution in [0, 0.1) is 5.82 Å². The number of hydrogen-bond donors (Lipinski definition) is 4. The van der Waals surface area contributed by atoms with E-state index in [9.17, 15) is 12.8 Å². The monoisotopic (exact) mass is 347 g/mol. The van der Waals surface area contributed by atoms with Crippen LogP contribution in [0.2, 0.25) is 10.0 Å². The fourth-order valence-electron chi connectivity index (χ4n) is 1.30. The molecule has 0 saturated carbocycles. The summed E-state index contributed by atoms with van der Waals surface area (Å²) >= 11 is 11.0. The van der Waals surface area contributed by atoms with Crippen LogP contribution in [0.5, 0.6) is 0 Å². The summed E-state index contributed by atoms with van der Waals surface area (Å²) in [6.45, 7) is -2.60. The van der Waals surface area contributed by atoms with Gasteiger partial charge in [-0.15, -0.1) is 0 Å². The topological polar surface area (TPSA) is 107 Å². The lowest BCUT2D eigenvalue weighted by molar-refractivity contribution is 0.0582. The molecule has 0 bridgehead atoms. The minimum absolute atomic E-state index is 0.355.